The maximum absolute atomic E-state index is 12.8. The average Bonchev–Trinajstić information content (AvgIpc) is 2.82. The fraction of sp³-hybridized carbons (Fsp3) is 0.0909. The van der Waals surface area contributed by atoms with Crippen LogP contribution in [0.5, 0.6) is 0 Å². The highest BCUT2D eigenvalue weighted by atomic mass is 35.5. The molecule has 9 heteroatoms. The molecule has 0 aliphatic heterocycles. The highest BCUT2D eigenvalue weighted by Crippen LogP contribution is 2.36. The fourth-order valence-corrected chi connectivity index (χ4v) is 1.58. The average molecular weight is 306 g/mol. The van der Waals surface area contributed by atoms with Gasteiger partial charge < -0.3 is 9.84 Å². The van der Waals surface area contributed by atoms with Gasteiger partial charge in [-0.1, -0.05) is 16.8 Å². The number of hydrogen-bond donors (Lipinski definition) is 2. The lowest BCUT2D eigenvalue weighted by Crippen LogP contribution is -2.21. The van der Waals surface area contributed by atoms with Crippen LogP contribution in [0.15, 0.2) is 35.0 Å². The van der Waals surface area contributed by atoms with Gasteiger partial charge in [-0.2, -0.15) is 13.2 Å². The Balaban J connectivity index is 2.19. The monoisotopic (exact) mass is 305 g/mol. The van der Waals surface area contributed by atoms with Gasteiger partial charge in [0, 0.05) is 11.1 Å². The van der Waals surface area contributed by atoms with E-state index in [0.29, 0.717) is 0 Å². The normalized spacial score (nSPS) is 11.2. The SMILES string of the molecule is O=C(Nc1ccno1)Nc1ccc(Cl)cc1C(F)(F)F. The maximum atomic E-state index is 12.8. The van der Waals surface area contributed by atoms with E-state index in [-0.39, 0.29) is 10.9 Å². The number of alkyl halides is 3. The number of carbonyl (C=O) groups is 1. The highest BCUT2D eigenvalue weighted by molar-refractivity contribution is 6.30. The molecule has 2 aromatic rings. The Morgan fingerprint density at radius 2 is 2.00 bits per heavy atom. The predicted molar refractivity (Wildman–Crippen MR) is 65.6 cm³/mol. The maximum Gasteiger partial charge on any atom is 0.418 e. The molecule has 1 aromatic carbocycles. The molecule has 0 aliphatic carbocycles. The van der Waals surface area contributed by atoms with Crippen LogP contribution >= 0.6 is 11.6 Å². The topological polar surface area (TPSA) is 67.2 Å². The Hall–Kier alpha value is -2.22. The molecule has 0 unspecified atom stereocenters. The van der Waals surface area contributed by atoms with Crippen LogP contribution in [0.2, 0.25) is 5.02 Å². The second-order valence-electron chi connectivity index (χ2n) is 3.64. The second kappa shape index (κ2) is 5.41. The van der Waals surface area contributed by atoms with Crippen molar-refractivity contribution < 1.29 is 22.5 Å². The van der Waals surface area contributed by atoms with Gasteiger partial charge >= 0.3 is 12.2 Å². The van der Waals surface area contributed by atoms with Crippen molar-refractivity contribution in [3.63, 3.8) is 0 Å². The van der Waals surface area contributed by atoms with Gasteiger partial charge in [-0.25, -0.2) is 4.79 Å². The molecule has 0 atom stereocenters. The van der Waals surface area contributed by atoms with Crippen molar-refractivity contribution in [3.05, 3.63) is 41.0 Å². The van der Waals surface area contributed by atoms with Gasteiger partial charge in [-0.05, 0) is 18.2 Å². The summed E-state index contributed by atoms with van der Waals surface area (Å²) in [6.07, 6.45) is -3.36. The Morgan fingerprint density at radius 3 is 2.60 bits per heavy atom. The number of hydrogen-bond acceptors (Lipinski definition) is 3. The third-order valence-electron chi connectivity index (χ3n) is 2.21. The summed E-state index contributed by atoms with van der Waals surface area (Å²) in [4.78, 5) is 11.5. The molecule has 0 fully saturated rings. The van der Waals surface area contributed by atoms with Crippen LogP contribution in [-0.2, 0) is 6.18 Å². The summed E-state index contributed by atoms with van der Waals surface area (Å²) >= 11 is 5.52. The zero-order chi connectivity index (χ0) is 14.8. The van der Waals surface area contributed by atoms with Crippen LogP contribution < -0.4 is 10.6 Å². The van der Waals surface area contributed by atoms with E-state index in [1.54, 1.807) is 0 Å². The first-order chi connectivity index (χ1) is 9.36. The highest BCUT2D eigenvalue weighted by Gasteiger charge is 2.34. The van der Waals surface area contributed by atoms with Crippen molar-refractivity contribution in [1.82, 2.24) is 5.16 Å². The lowest BCUT2D eigenvalue weighted by molar-refractivity contribution is -0.136. The van der Waals surface area contributed by atoms with E-state index < -0.39 is 23.5 Å². The van der Waals surface area contributed by atoms with Gasteiger partial charge in [0.15, 0.2) is 0 Å². The fourth-order valence-electron chi connectivity index (χ4n) is 1.41. The van der Waals surface area contributed by atoms with Crippen LogP contribution in [0.25, 0.3) is 0 Å². The molecule has 0 saturated heterocycles. The molecular weight excluding hydrogens is 299 g/mol. The number of aromatic nitrogens is 1. The minimum atomic E-state index is -4.64. The molecule has 1 heterocycles. The quantitative estimate of drug-likeness (QED) is 0.881. The first kappa shape index (κ1) is 14.2. The molecule has 106 valence electrons. The van der Waals surface area contributed by atoms with E-state index in [4.69, 9.17) is 11.6 Å². The standard InChI is InChI=1S/C11H7ClF3N3O2/c12-6-1-2-8(7(5-6)11(13,14)15)17-10(19)18-9-3-4-16-20-9/h1-5H,(H2,17,18,19). The minimum Gasteiger partial charge on any atom is -0.338 e. The number of benzene rings is 1. The summed E-state index contributed by atoms with van der Waals surface area (Å²) < 4.78 is 43.0. The molecule has 5 nitrogen and oxygen atoms in total. The molecule has 0 radical (unpaired) electrons. The van der Waals surface area contributed by atoms with Crippen LogP contribution in [0.1, 0.15) is 5.56 Å². The number of halogens is 4. The number of urea groups is 1. The first-order valence-electron chi connectivity index (χ1n) is 5.21. The molecule has 0 spiro atoms. The number of nitrogens with one attached hydrogen (secondary N) is 2. The number of nitrogens with zero attached hydrogens (tertiary/aromatic N) is 1. The lowest BCUT2D eigenvalue weighted by atomic mass is 10.1. The van der Waals surface area contributed by atoms with Crippen molar-refractivity contribution in [1.29, 1.82) is 0 Å². The summed E-state index contributed by atoms with van der Waals surface area (Å²) in [6, 6.07) is 3.47. The van der Waals surface area contributed by atoms with Gasteiger partial charge in [0.25, 0.3) is 0 Å². The van der Waals surface area contributed by atoms with Gasteiger partial charge in [0.2, 0.25) is 5.88 Å². The number of anilines is 2. The summed E-state index contributed by atoms with van der Waals surface area (Å²) in [6.45, 7) is 0. The number of amides is 2. The summed E-state index contributed by atoms with van der Waals surface area (Å²) in [7, 11) is 0. The first-order valence-corrected chi connectivity index (χ1v) is 5.59. The van der Waals surface area contributed by atoms with Crippen LogP contribution in [0.4, 0.5) is 29.5 Å². The van der Waals surface area contributed by atoms with Crippen LogP contribution in [0.3, 0.4) is 0 Å². The van der Waals surface area contributed by atoms with Crippen molar-refractivity contribution in [2.24, 2.45) is 0 Å². The minimum absolute atomic E-state index is 0.00465. The number of carbonyl (C=O) groups excluding carboxylic acids is 1. The van der Waals surface area contributed by atoms with Crippen molar-refractivity contribution in [2.75, 3.05) is 10.6 Å². The third kappa shape index (κ3) is 3.41. The van der Waals surface area contributed by atoms with Crippen molar-refractivity contribution in [2.45, 2.75) is 6.18 Å². The Morgan fingerprint density at radius 1 is 1.25 bits per heavy atom. The molecule has 0 aliphatic rings. The second-order valence-corrected chi connectivity index (χ2v) is 4.08. The van der Waals surface area contributed by atoms with E-state index in [1.165, 1.54) is 18.3 Å². The van der Waals surface area contributed by atoms with Crippen LogP contribution in [0, 0.1) is 0 Å². The van der Waals surface area contributed by atoms with Crippen molar-refractivity contribution in [3.8, 4) is 0 Å². The van der Waals surface area contributed by atoms with E-state index in [0.717, 1.165) is 12.1 Å². The van der Waals surface area contributed by atoms with E-state index in [9.17, 15) is 18.0 Å². The largest absolute Gasteiger partial charge is 0.418 e. The van der Waals surface area contributed by atoms with Gasteiger partial charge in [0.05, 0.1) is 17.4 Å². The van der Waals surface area contributed by atoms with Gasteiger partial charge in [-0.3, -0.25) is 5.32 Å². The molecule has 1 aromatic heterocycles. The Kier molecular flexibility index (Phi) is 3.84. The third-order valence-corrected chi connectivity index (χ3v) is 2.44. The van der Waals surface area contributed by atoms with Gasteiger partial charge in [-0.15, -0.1) is 0 Å². The molecule has 0 bridgehead atoms. The summed E-state index contributed by atoms with van der Waals surface area (Å²) in [5.41, 5.74) is -1.46. The molecule has 0 saturated carbocycles. The van der Waals surface area contributed by atoms with Gasteiger partial charge in [0.1, 0.15) is 0 Å². The smallest absolute Gasteiger partial charge is 0.338 e. The molecular formula is C11H7ClF3N3O2. The molecule has 2 amide bonds. The zero-order valence-electron chi connectivity index (χ0n) is 9.66. The zero-order valence-corrected chi connectivity index (χ0v) is 10.4. The molecule has 2 N–H and O–H groups in total. The van der Waals surface area contributed by atoms with Crippen molar-refractivity contribution >= 4 is 29.2 Å². The van der Waals surface area contributed by atoms with E-state index >= 15 is 0 Å². The summed E-state index contributed by atoms with van der Waals surface area (Å²) in [5, 5.41) is 7.50. The van der Waals surface area contributed by atoms with Crippen LogP contribution in [-0.4, -0.2) is 11.2 Å². The predicted octanol–water partition coefficient (Wildman–Crippen LogP) is 3.99. The Bertz CT molecular complexity index is 614. The number of rotatable bonds is 2. The lowest BCUT2D eigenvalue weighted by Gasteiger charge is -2.14. The summed E-state index contributed by atoms with van der Waals surface area (Å²) in [5.74, 6) is 0.00465. The molecule has 20 heavy (non-hydrogen) atoms. The van der Waals surface area contributed by atoms with E-state index in [1.807, 2.05) is 0 Å². The molecule has 2 rings (SSSR count). The Labute approximate surface area is 115 Å². The van der Waals surface area contributed by atoms with E-state index in [2.05, 4.69) is 20.3 Å².